The van der Waals surface area contributed by atoms with Crippen LogP contribution in [0.25, 0.3) is 11.3 Å². The van der Waals surface area contributed by atoms with Gasteiger partial charge in [0.05, 0.1) is 12.7 Å². The molecule has 0 amide bonds. The van der Waals surface area contributed by atoms with E-state index in [4.69, 9.17) is 4.74 Å². The molecule has 0 unspecified atom stereocenters. The van der Waals surface area contributed by atoms with Gasteiger partial charge in [0.15, 0.2) is 0 Å². The smallest absolute Gasteiger partial charge is 0.325 e. The number of H-pyrrole nitrogens is 2. The number of aromatic nitrogens is 4. The Morgan fingerprint density at radius 3 is 2.79 bits per heavy atom. The van der Waals surface area contributed by atoms with Gasteiger partial charge in [0.1, 0.15) is 5.69 Å². The lowest BCUT2D eigenvalue weighted by Crippen LogP contribution is -2.23. The van der Waals surface area contributed by atoms with E-state index in [0.29, 0.717) is 17.5 Å². The number of nitrogens with zero attached hydrogens (tertiary/aromatic N) is 2. The van der Waals surface area contributed by atoms with E-state index in [9.17, 15) is 9.59 Å². The second-order valence-corrected chi connectivity index (χ2v) is 4.45. The highest BCUT2D eigenvalue weighted by atomic mass is 16.5. The average Bonchev–Trinajstić information content (AvgIpc) is 3.22. The molecule has 2 N–H and O–H groups in total. The van der Waals surface area contributed by atoms with Crippen molar-refractivity contribution in [2.24, 2.45) is 0 Å². The van der Waals surface area contributed by atoms with Crippen molar-refractivity contribution in [2.45, 2.75) is 18.8 Å². The van der Waals surface area contributed by atoms with Crippen molar-refractivity contribution in [1.29, 1.82) is 0 Å². The molecule has 1 aliphatic carbocycles. The molecule has 2 aromatic rings. The molecule has 7 heteroatoms. The lowest BCUT2D eigenvalue weighted by molar-refractivity contribution is 0.387. The fourth-order valence-corrected chi connectivity index (χ4v) is 1.97. The molecule has 0 saturated heterocycles. The predicted molar refractivity (Wildman–Crippen MR) is 71.5 cm³/mol. The molecule has 1 aliphatic rings. The fraction of sp³-hybridized carbons (Fsp3) is 0.333. The molecular weight excluding hydrogens is 248 g/mol. The Bertz CT molecular complexity index is 740. The van der Waals surface area contributed by atoms with Crippen LogP contribution in [-0.2, 0) is 0 Å². The van der Waals surface area contributed by atoms with Gasteiger partial charge in [-0.15, -0.1) is 10.2 Å². The summed E-state index contributed by atoms with van der Waals surface area (Å²) in [7, 11) is 1.54. The van der Waals surface area contributed by atoms with Crippen LogP contribution in [-0.4, -0.2) is 27.3 Å². The van der Waals surface area contributed by atoms with E-state index in [2.05, 4.69) is 20.2 Å². The minimum absolute atomic E-state index is 0. The molecule has 3 rings (SSSR count). The summed E-state index contributed by atoms with van der Waals surface area (Å²) in [5.41, 5.74) is 0.651. The van der Waals surface area contributed by atoms with Gasteiger partial charge in [0.25, 0.3) is 5.56 Å². The van der Waals surface area contributed by atoms with Crippen LogP contribution in [0.5, 0.6) is 5.88 Å². The second-order valence-electron chi connectivity index (χ2n) is 4.45. The highest BCUT2D eigenvalue weighted by Gasteiger charge is 2.28. The van der Waals surface area contributed by atoms with E-state index >= 15 is 0 Å². The van der Waals surface area contributed by atoms with Gasteiger partial charge < -0.3 is 9.72 Å². The van der Waals surface area contributed by atoms with E-state index in [0.717, 1.165) is 18.4 Å². The van der Waals surface area contributed by atoms with E-state index in [1.165, 1.54) is 6.20 Å². The van der Waals surface area contributed by atoms with Crippen molar-refractivity contribution in [1.82, 2.24) is 20.2 Å². The number of methoxy groups -OCH3 is 1. The normalized spacial score (nSPS) is 14.4. The minimum atomic E-state index is -0.544. The number of hydrogen-bond donors (Lipinski definition) is 2. The Morgan fingerprint density at radius 1 is 1.37 bits per heavy atom. The maximum atomic E-state index is 11.7. The van der Waals surface area contributed by atoms with Gasteiger partial charge in [0.2, 0.25) is 5.88 Å². The van der Waals surface area contributed by atoms with Crippen LogP contribution in [0.2, 0.25) is 0 Å². The first-order valence-corrected chi connectivity index (χ1v) is 5.93. The summed E-state index contributed by atoms with van der Waals surface area (Å²) in [5, 5.41) is 7.95. The van der Waals surface area contributed by atoms with Gasteiger partial charge in [-0.25, -0.2) is 4.79 Å². The van der Waals surface area contributed by atoms with E-state index in [1.807, 2.05) is 0 Å². The van der Waals surface area contributed by atoms with Crippen molar-refractivity contribution in [2.75, 3.05) is 7.11 Å². The molecular formula is C12H16N4O3. The van der Waals surface area contributed by atoms with Crippen LogP contribution in [0.3, 0.4) is 0 Å². The minimum Gasteiger partial charge on any atom is -0.480 e. The first kappa shape index (κ1) is 11.6. The lowest BCUT2D eigenvalue weighted by atomic mass is 10.1. The third-order valence-electron chi connectivity index (χ3n) is 3.09. The van der Waals surface area contributed by atoms with Crippen LogP contribution in [0.15, 0.2) is 21.9 Å². The van der Waals surface area contributed by atoms with Gasteiger partial charge in [-0.1, -0.05) is 0 Å². The van der Waals surface area contributed by atoms with Gasteiger partial charge >= 0.3 is 5.69 Å². The Morgan fingerprint density at radius 2 is 2.16 bits per heavy atom. The SMILES string of the molecule is COc1nnc(-c2c[nH]c(=O)[nH]c2=O)cc1C1CC1.[HH].[HH]. The van der Waals surface area contributed by atoms with Crippen molar-refractivity contribution in [3.63, 3.8) is 0 Å². The van der Waals surface area contributed by atoms with Crippen molar-refractivity contribution in [3.8, 4) is 17.1 Å². The number of ether oxygens (including phenoxy) is 1. The van der Waals surface area contributed by atoms with Crippen molar-refractivity contribution >= 4 is 0 Å². The number of rotatable bonds is 3. The van der Waals surface area contributed by atoms with Crippen LogP contribution in [0.1, 0.15) is 27.2 Å². The van der Waals surface area contributed by atoms with Crippen LogP contribution < -0.4 is 16.0 Å². The highest BCUT2D eigenvalue weighted by molar-refractivity contribution is 5.58. The summed E-state index contributed by atoms with van der Waals surface area (Å²) in [6, 6.07) is 1.80. The molecule has 0 aromatic carbocycles. The zero-order chi connectivity index (χ0) is 13.4. The molecule has 0 radical (unpaired) electrons. The van der Waals surface area contributed by atoms with Gasteiger partial charge in [-0.05, 0) is 24.8 Å². The number of hydrogen-bond acceptors (Lipinski definition) is 5. The molecule has 0 spiro atoms. The van der Waals surface area contributed by atoms with Crippen molar-refractivity contribution < 1.29 is 7.59 Å². The topological polar surface area (TPSA) is 101 Å². The first-order valence-electron chi connectivity index (χ1n) is 5.93. The standard InChI is InChI=1S/C12H12N4O3.2H2/c1-19-11-7(6-2-3-6)4-9(15-16-11)8-5-13-12(18)14-10(8)17;;/h4-6H,2-3H2,1H3,(H2,13,14,17,18);2*1H. The van der Waals surface area contributed by atoms with Crippen molar-refractivity contribution in [3.05, 3.63) is 38.7 Å². The van der Waals surface area contributed by atoms with Gasteiger partial charge in [0, 0.05) is 14.6 Å². The summed E-state index contributed by atoms with van der Waals surface area (Å²) in [5.74, 6) is 0.915. The van der Waals surface area contributed by atoms with E-state index < -0.39 is 11.2 Å². The number of nitrogens with one attached hydrogen (secondary N) is 2. The van der Waals surface area contributed by atoms with Gasteiger partial charge in [-0.3, -0.25) is 9.78 Å². The molecule has 7 nitrogen and oxygen atoms in total. The quantitative estimate of drug-likeness (QED) is 0.857. The summed E-state index contributed by atoms with van der Waals surface area (Å²) >= 11 is 0. The maximum absolute atomic E-state index is 11.7. The predicted octanol–water partition coefficient (Wildman–Crippen LogP) is 0.898. The molecule has 2 aromatic heterocycles. The zero-order valence-electron chi connectivity index (χ0n) is 10.3. The first-order chi connectivity index (χ1) is 9.19. The highest BCUT2D eigenvalue weighted by Crippen LogP contribution is 2.43. The monoisotopic (exact) mass is 264 g/mol. The molecule has 102 valence electrons. The largest absolute Gasteiger partial charge is 0.480 e. The third kappa shape index (κ3) is 2.14. The Hall–Kier alpha value is -2.44. The molecule has 2 heterocycles. The van der Waals surface area contributed by atoms with E-state index in [1.54, 1.807) is 13.2 Å². The second kappa shape index (κ2) is 4.34. The zero-order valence-corrected chi connectivity index (χ0v) is 10.3. The maximum Gasteiger partial charge on any atom is 0.325 e. The van der Waals surface area contributed by atoms with Gasteiger partial charge in [-0.2, -0.15) is 0 Å². The molecule has 0 aliphatic heterocycles. The molecule has 1 saturated carbocycles. The van der Waals surface area contributed by atoms with E-state index in [-0.39, 0.29) is 8.42 Å². The van der Waals surface area contributed by atoms with Crippen LogP contribution in [0, 0.1) is 0 Å². The molecule has 19 heavy (non-hydrogen) atoms. The molecule has 0 atom stereocenters. The fourth-order valence-electron chi connectivity index (χ4n) is 1.97. The Balaban J connectivity index is 0.00000110. The Kier molecular flexibility index (Phi) is 2.66. The average molecular weight is 264 g/mol. The van der Waals surface area contributed by atoms with Crippen LogP contribution in [0.4, 0.5) is 0 Å². The molecule has 0 bridgehead atoms. The summed E-state index contributed by atoms with van der Waals surface area (Å²) in [6.07, 6.45) is 3.52. The summed E-state index contributed by atoms with van der Waals surface area (Å²) in [4.78, 5) is 27.3. The number of aromatic amines is 2. The summed E-state index contributed by atoms with van der Waals surface area (Å²) < 4.78 is 5.17. The Labute approximate surface area is 110 Å². The third-order valence-corrected chi connectivity index (χ3v) is 3.09. The summed E-state index contributed by atoms with van der Waals surface area (Å²) in [6.45, 7) is 0. The van der Waals surface area contributed by atoms with Crippen LogP contribution >= 0.6 is 0 Å². The lowest BCUT2D eigenvalue weighted by Gasteiger charge is -2.07. The molecule has 1 fully saturated rings.